The minimum atomic E-state index is -0.930. The summed E-state index contributed by atoms with van der Waals surface area (Å²) in [6.07, 6.45) is 2.61. The Bertz CT molecular complexity index is 1480. The lowest BCUT2D eigenvalue weighted by atomic mass is 9.83. The van der Waals surface area contributed by atoms with E-state index in [0.29, 0.717) is 54.6 Å². The smallest absolute Gasteiger partial charge is 0.417 e. The first-order valence-electron chi connectivity index (χ1n) is 13.1. The Kier molecular flexibility index (Phi) is 7.36. The molecule has 0 unspecified atom stereocenters. The van der Waals surface area contributed by atoms with Gasteiger partial charge in [-0.3, -0.25) is 9.78 Å². The van der Waals surface area contributed by atoms with Crippen LogP contribution in [0.5, 0.6) is 0 Å². The average molecular weight is 542 g/mol. The average Bonchev–Trinajstić information content (AvgIpc) is 3.31. The summed E-state index contributed by atoms with van der Waals surface area (Å²) in [7, 11) is 0. The van der Waals surface area contributed by atoms with Gasteiger partial charge in [0.15, 0.2) is 0 Å². The molecule has 5 rings (SSSR count). The molecule has 4 heterocycles. The van der Waals surface area contributed by atoms with Crippen LogP contribution < -0.4 is 15.1 Å². The van der Waals surface area contributed by atoms with Crippen LogP contribution in [0.4, 0.5) is 22.2 Å². The second kappa shape index (κ2) is 10.9. The Morgan fingerprint density at radius 1 is 1.15 bits per heavy atom. The summed E-state index contributed by atoms with van der Waals surface area (Å²) >= 11 is 0. The first-order valence-corrected chi connectivity index (χ1v) is 13.1. The van der Waals surface area contributed by atoms with Gasteiger partial charge in [-0.2, -0.15) is 10.2 Å². The first-order chi connectivity index (χ1) is 19.2. The van der Waals surface area contributed by atoms with Crippen LogP contribution in [0.15, 0.2) is 42.7 Å². The van der Waals surface area contributed by atoms with Gasteiger partial charge in [0.1, 0.15) is 12.4 Å². The minimum absolute atomic E-state index is 0.223. The van der Waals surface area contributed by atoms with Crippen molar-refractivity contribution in [3.63, 3.8) is 0 Å². The molecule has 40 heavy (non-hydrogen) atoms. The molecule has 1 atom stereocenters. The highest BCUT2D eigenvalue weighted by molar-refractivity contribution is 6.04. The Morgan fingerprint density at radius 2 is 1.88 bits per heavy atom. The number of cyclic esters (lactones) is 1. The van der Waals surface area contributed by atoms with Crippen molar-refractivity contribution in [2.75, 3.05) is 48.0 Å². The number of ether oxygens (including phenoxy) is 2. The Morgan fingerprint density at radius 3 is 2.52 bits per heavy atom. The normalized spacial score (nSPS) is 17.4. The third-order valence-electron chi connectivity index (χ3n) is 7.16. The maximum absolute atomic E-state index is 13.0. The predicted octanol–water partition coefficient (Wildman–Crippen LogP) is 4.08. The lowest BCUT2D eigenvalue weighted by Gasteiger charge is -2.30. The van der Waals surface area contributed by atoms with Gasteiger partial charge in [0.2, 0.25) is 5.95 Å². The van der Waals surface area contributed by atoms with Gasteiger partial charge >= 0.3 is 6.09 Å². The molecule has 11 nitrogen and oxygen atoms in total. The molecular weight excluding hydrogens is 510 g/mol. The van der Waals surface area contributed by atoms with Crippen molar-refractivity contribution in [2.45, 2.75) is 39.2 Å². The third-order valence-corrected chi connectivity index (χ3v) is 7.16. The standard InChI is InChI=1S/C29H31N7O4/c1-18-16-40-28(38)36(18)27-33-24(19(2)25(34-27)35-11-13-39-14-12-35)21-5-6-23(22(15-21)29(3,4)17-30)32-26(37)20-7-9-31-10-8-20/h5-10,15,18H,11-14,16H2,1-4H3,(H,32,37)/t18-/m0/s1. The maximum atomic E-state index is 13.0. The van der Waals surface area contributed by atoms with E-state index in [9.17, 15) is 14.9 Å². The number of nitrogens with zero attached hydrogens (tertiary/aromatic N) is 6. The van der Waals surface area contributed by atoms with E-state index in [1.54, 1.807) is 44.4 Å². The van der Waals surface area contributed by atoms with Crippen molar-refractivity contribution < 1.29 is 19.1 Å². The van der Waals surface area contributed by atoms with E-state index in [0.717, 1.165) is 11.1 Å². The summed E-state index contributed by atoms with van der Waals surface area (Å²) in [6, 6.07) is 10.9. The second-order valence-corrected chi connectivity index (χ2v) is 10.4. The summed E-state index contributed by atoms with van der Waals surface area (Å²) in [6.45, 7) is 10.1. The van der Waals surface area contributed by atoms with Crippen LogP contribution in [0, 0.1) is 18.3 Å². The molecule has 2 saturated heterocycles. The number of amides is 2. The summed E-state index contributed by atoms with van der Waals surface area (Å²) in [5, 5.41) is 13.0. The quantitative estimate of drug-likeness (QED) is 0.490. The van der Waals surface area contributed by atoms with Crippen LogP contribution in [0.1, 0.15) is 42.3 Å². The van der Waals surface area contributed by atoms with Gasteiger partial charge in [0.05, 0.1) is 36.4 Å². The van der Waals surface area contributed by atoms with Crippen molar-refractivity contribution in [1.82, 2.24) is 15.0 Å². The van der Waals surface area contributed by atoms with Gasteiger partial charge in [-0.25, -0.2) is 14.7 Å². The maximum Gasteiger partial charge on any atom is 0.417 e. The molecule has 0 radical (unpaired) electrons. The summed E-state index contributed by atoms with van der Waals surface area (Å²) < 4.78 is 10.8. The highest BCUT2D eigenvalue weighted by Crippen LogP contribution is 2.37. The lowest BCUT2D eigenvalue weighted by molar-refractivity contribution is 0.102. The van der Waals surface area contributed by atoms with Gasteiger partial charge in [0.25, 0.3) is 5.91 Å². The molecular formula is C29H31N7O4. The summed E-state index contributed by atoms with van der Waals surface area (Å²) in [4.78, 5) is 42.8. The molecule has 2 aliphatic rings. The second-order valence-electron chi connectivity index (χ2n) is 10.4. The monoisotopic (exact) mass is 541 g/mol. The number of carbonyl (C=O) groups excluding carboxylic acids is 2. The molecule has 2 aromatic heterocycles. The summed E-state index contributed by atoms with van der Waals surface area (Å²) in [5.74, 6) is 0.668. The van der Waals surface area contributed by atoms with Gasteiger partial charge < -0.3 is 19.7 Å². The molecule has 206 valence electrons. The molecule has 0 spiro atoms. The Labute approximate surface area is 232 Å². The third kappa shape index (κ3) is 5.18. The molecule has 0 saturated carbocycles. The summed E-state index contributed by atoms with van der Waals surface area (Å²) in [5.41, 5.74) is 2.88. The number of benzene rings is 1. The highest BCUT2D eigenvalue weighted by Gasteiger charge is 2.35. The SMILES string of the molecule is Cc1c(-c2ccc(NC(=O)c3ccncc3)c(C(C)(C)C#N)c2)nc(N2C(=O)OC[C@@H]2C)nc1N1CCOCC1. The fraction of sp³-hybridized carbons (Fsp3) is 0.379. The van der Waals surface area contributed by atoms with Crippen LogP contribution >= 0.6 is 0 Å². The number of nitrogens with one attached hydrogen (secondary N) is 1. The Hall–Kier alpha value is -4.56. The zero-order valence-electron chi connectivity index (χ0n) is 23.0. The fourth-order valence-corrected chi connectivity index (χ4v) is 4.84. The predicted molar refractivity (Wildman–Crippen MR) is 149 cm³/mol. The van der Waals surface area contributed by atoms with E-state index in [1.807, 2.05) is 26.0 Å². The number of anilines is 3. The molecule has 0 aliphatic carbocycles. The molecule has 11 heteroatoms. The van der Waals surface area contributed by atoms with E-state index in [4.69, 9.17) is 19.4 Å². The molecule has 1 N–H and O–H groups in total. The fourth-order valence-electron chi connectivity index (χ4n) is 4.84. The first kappa shape index (κ1) is 27.0. The van der Waals surface area contributed by atoms with Crippen molar-refractivity contribution in [3.05, 3.63) is 59.4 Å². The van der Waals surface area contributed by atoms with E-state index < -0.39 is 11.5 Å². The Balaban J connectivity index is 1.63. The number of morpholine rings is 1. The zero-order chi connectivity index (χ0) is 28.4. The van der Waals surface area contributed by atoms with E-state index in [2.05, 4.69) is 21.3 Å². The van der Waals surface area contributed by atoms with Crippen molar-refractivity contribution in [1.29, 1.82) is 5.26 Å². The number of pyridine rings is 1. The molecule has 2 amide bonds. The highest BCUT2D eigenvalue weighted by atomic mass is 16.6. The van der Waals surface area contributed by atoms with Crippen LogP contribution in [-0.4, -0.2) is 65.9 Å². The van der Waals surface area contributed by atoms with Crippen LogP contribution in [0.2, 0.25) is 0 Å². The number of hydrogen-bond donors (Lipinski definition) is 1. The topological polar surface area (TPSA) is 134 Å². The van der Waals surface area contributed by atoms with Crippen LogP contribution in [0.3, 0.4) is 0 Å². The van der Waals surface area contributed by atoms with Gasteiger partial charge in [0, 0.05) is 47.9 Å². The molecule has 3 aromatic rings. The van der Waals surface area contributed by atoms with Crippen molar-refractivity contribution in [2.24, 2.45) is 0 Å². The van der Waals surface area contributed by atoms with Gasteiger partial charge in [-0.1, -0.05) is 6.07 Å². The van der Waals surface area contributed by atoms with Gasteiger partial charge in [-0.05, 0) is 57.5 Å². The van der Waals surface area contributed by atoms with E-state index in [1.165, 1.54) is 4.90 Å². The molecule has 1 aromatic carbocycles. The van der Waals surface area contributed by atoms with Crippen LogP contribution in [-0.2, 0) is 14.9 Å². The largest absolute Gasteiger partial charge is 0.447 e. The van der Waals surface area contributed by atoms with E-state index in [-0.39, 0.29) is 24.5 Å². The number of aromatic nitrogens is 3. The number of nitriles is 1. The minimum Gasteiger partial charge on any atom is -0.447 e. The molecule has 2 aliphatic heterocycles. The molecule has 0 bridgehead atoms. The lowest BCUT2D eigenvalue weighted by Crippen LogP contribution is -2.38. The van der Waals surface area contributed by atoms with Crippen LogP contribution in [0.25, 0.3) is 11.3 Å². The van der Waals surface area contributed by atoms with Crippen molar-refractivity contribution in [3.8, 4) is 17.3 Å². The number of rotatable bonds is 6. The van der Waals surface area contributed by atoms with E-state index >= 15 is 0 Å². The number of carbonyl (C=O) groups is 2. The van der Waals surface area contributed by atoms with Gasteiger partial charge in [-0.15, -0.1) is 0 Å². The van der Waals surface area contributed by atoms with Crippen molar-refractivity contribution >= 4 is 29.5 Å². The number of hydrogen-bond acceptors (Lipinski definition) is 9. The molecule has 2 fully saturated rings. The zero-order valence-corrected chi connectivity index (χ0v) is 23.0.